The molecule has 1 aliphatic carbocycles. The molecule has 1 aliphatic heterocycles. The zero-order valence-electron chi connectivity index (χ0n) is 24.1. The Bertz CT molecular complexity index is 1270. The number of aliphatic carboxylic acids is 1. The molecular formula is C29H38N6O8. The van der Waals surface area contributed by atoms with Crippen LogP contribution in [0.25, 0.3) is 11.4 Å². The molecular weight excluding hydrogens is 560 g/mol. The Hall–Kier alpha value is -4.30. The van der Waals surface area contributed by atoms with Gasteiger partial charge in [0.15, 0.2) is 5.82 Å². The van der Waals surface area contributed by atoms with Crippen molar-refractivity contribution in [2.75, 3.05) is 38.1 Å². The summed E-state index contributed by atoms with van der Waals surface area (Å²) in [6.45, 7) is 2.66. The Morgan fingerprint density at radius 3 is 2.44 bits per heavy atom. The maximum atomic E-state index is 13.5. The Labute approximate surface area is 249 Å². The van der Waals surface area contributed by atoms with Gasteiger partial charge in [0.1, 0.15) is 17.6 Å². The van der Waals surface area contributed by atoms with Crippen molar-refractivity contribution in [3.05, 3.63) is 42.1 Å². The maximum absolute atomic E-state index is 13.5. The van der Waals surface area contributed by atoms with Gasteiger partial charge in [-0.2, -0.15) is 0 Å². The van der Waals surface area contributed by atoms with Crippen molar-refractivity contribution < 1.29 is 39.0 Å². The van der Waals surface area contributed by atoms with Crippen LogP contribution in [0.2, 0.25) is 0 Å². The van der Waals surface area contributed by atoms with E-state index in [-0.39, 0.29) is 63.2 Å². The molecule has 2 aromatic rings. The van der Waals surface area contributed by atoms with Crippen LogP contribution in [0.1, 0.15) is 55.9 Å². The number of aliphatic hydroxyl groups is 1. The number of nitrogens with zero attached hydrogens (tertiary/aromatic N) is 4. The average Bonchev–Trinajstić information content (AvgIpc) is 3.00. The summed E-state index contributed by atoms with van der Waals surface area (Å²) in [5, 5.41) is 27.1. The highest BCUT2D eigenvalue weighted by Gasteiger charge is 2.31. The molecule has 3 atom stereocenters. The van der Waals surface area contributed by atoms with Gasteiger partial charge < -0.3 is 35.3 Å². The number of aromatic nitrogens is 2. The quantitative estimate of drug-likeness (QED) is 0.277. The van der Waals surface area contributed by atoms with E-state index in [9.17, 15) is 29.4 Å². The molecule has 1 aromatic carbocycles. The first-order chi connectivity index (χ1) is 20.7. The smallest absolute Gasteiger partial charge is 0.481 e. The number of piperazine rings is 1. The van der Waals surface area contributed by atoms with Crippen molar-refractivity contribution in [2.24, 2.45) is 0 Å². The Morgan fingerprint density at radius 2 is 1.77 bits per heavy atom. The second kappa shape index (κ2) is 15.3. The predicted octanol–water partition coefficient (Wildman–Crippen LogP) is 2.05. The number of anilines is 1. The van der Waals surface area contributed by atoms with Crippen molar-refractivity contribution in [1.29, 1.82) is 0 Å². The van der Waals surface area contributed by atoms with E-state index in [0.29, 0.717) is 17.8 Å². The maximum Gasteiger partial charge on any atom is 0.527 e. The molecule has 0 radical (unpaired) electrons. The molecule has 4 rings (SSSR count). The van der Waals surface area contributed by atoms with E-state index in [1.807, 2.05) is 18.2 Å². The van der Waals surface area contributed by atoms with Gasteiger partial charge in [-0.3, -0.25) is 14.4 Å². The van der Waals surface area contributed by atoms with Gasteiger partial charge in [0.05, 0.1) is 31.8 Å². The van der Waals surface area contributed by atoms with Crippen LogP contribution in [-0.2, 0) is 19.2 Å². The van der Waals surface area contributed by atoms with Crippen LogP contribution in [0.5, 0.6) is 0 Å². The minimum absolute atomic E-state index is 0.0116. The van der Waals surface area contributed by atoms with E-state index in [0.717, 1.165) is 19.3 Å². The van der Waals surface area contributed by atoms with Crippen LogP contribution in [0.3, 0.4) is 0 Å². The number of carboxylic acid groups (broad SMARTS) is 1. The molecule has 0 bridgehead atoms. The summed E-state index contributed by atoms with van der Waals surface area (Å²) in [5.74, 6) is -1.58. The molecule has 232 valence electrons. The number of rotatable bonds is 11. The third-order valence-corrected chi connectivity index (χ3v) is 7.32. The Balaban J connectivity index is 1.51. The number of ether oxygens (including phenoxy) is 1. The van der Waals surface area contributed by atoms with E-state index in [1.54, 1.807) is 19.1 Å². The fourth-order valence-electron chi connectivity index (χ4n) is 5.05. The van der Waals surface area contributed by atoms with Gasteiger partial charge >= 0.3 is 12.1 Å². The molecule has 0 spiro atoms. The average molecular weight is 599 g/mol. The largest absolute Gasteiger partial charge is 0.527 e. The van der Waals surface area contributed by atoms with Gasteiger partial charge in [-0.15, -0.1) is 5.06 Å². The van der Waals surface area contributed by atoms with E-state index in [1.165, 1.54) is 16.0 Å². The number of carbonyl (C=O) groups excluding carboxylic acids is 3. The number of hydroxylamine groups is 2. The van der Waals surface area contributed by atoms with Gasteiger partial charge in [-0.1, -0.05) is 43.2 Å². The van der Waals surface area contributed by atoms with E-state index >= 15 is 0 Å². The summed E-state index contributed by atoms with van der Waals surface area (Å²) < 4.78 is 4.78. The summed E-state index contributed by atoms with van der Waals surface area (Å²) in [6, 6.07) is 9.20. The van der Waals surface area contributed by atoms with Gasteiger partial charge in [-0.05, 0) is 26.2 Å². The molecule has 1 saturated heterocycles. The van der Waals surface area contributed by atoms with Gasteiger partial charge in [0, 0.05) is 31.1 Å². The first-order valence-electron chi connectivity index (χ1n) is 14.5. The van der Waals surface area contributed by atoms with E-state index in [2.05, 4.69) is 20.6 Å². The third kappa shape index (κ3) is 9.09. The van der Waals surface area contributed by atoms with Crippen molar-refractivity contribution in [3.8, 4) is 11.4 Å². The number of carboxylic acids is 1. The molecule has 4 N–H and O–H groups in total. The van der Waals surface area contributed by atoms with Crippen LogP contribution in [0, 0.1) is 0 Å². The lowest BCUT2D eigenvalue weighted by molar-refractivity contribution is -0.157. The number of aliphatic hydroxyl groups excluding tert-OH is 1. The molecule has 2 amide bonds. The highest BCUT2D eigenvalue weighted by Crippen LogP contribution is 2.24. The lowest BCUT2D eigenvalue weighted by Gasteiger charge is -2.35. The number of hydrogen-bond donors (Lipinski definition) is 4. The highest BCUT2D eigenvalue weighted by molar-refractivity contribution is 5.97. The van der Waals surface area contributed by atoms with Crippen LogP contribution in [0.4, 0.5) is 10.6 Å². The number of carbonyl (C=O) groups is 4. The summed E-state index contributed by atoms with van der Waals surface area (Å²) in [5.41, 5.74) is 0.660. The van der Waals surface area contributed by atoms with Crippen molar-refractivity contribution >= 4 is 29.8 Å². The summed E-state index contributed by atoms with van der Waals surface area (Å²) in [6.07, 6.45) is 1.45. The zero-order chi connectivity index (χ0) is 30.8. The minimum atomic E-state index is -1.13. The van der Waals surface area contributed by atoms with Crippen LogP contribution >= 0.6 is 0 Å². The molecule has 2 aliphatic rings. The first-order valence-corrected chi connectivity index (χ1v) is 14.5. The summed E-state index contributed by atoms with van der Waals surface area (Å²) >= 11 is 0. The van der Waals surface area contributed by atoms with Crippen molar-refractivity contribution in [2.45, 2.75) is 63.6 Å². The lowest BCUT2D eigenvalue weighted by Crippen LogP contribution is -2.55. The van der Waals surface area contributed by atoms with Crippen LogP contribution < -0.4 is 10.6 Å². The number of benzene rings is 1. The molecule has 14 heteroatoms. The Kier molecular flexibility index (Phi) is 11.2. The topological polar surface area (TPSA) is 184 Å². The molecule has 43 heavy (non-hydrogen) atoms. The van der Waals surface area contributed by atoms with Crippen LogP contribution in [0.15, 0.2) is 36.4 Å². The fourth-order valence-corrected chi connectivity index (χ4v) is 5.05. The molecule has 0 unspecified atom stereocenters. The fraction of sp³-hybridized carbons (Fsp3) is 0.517. The van der Waals surface area contributed by atoms with E-state index < -0.39 is 36.1 Å². The molecule has 14 nitrogen and oxygen atoms in total. The van der Waals surface area contributed by atoms with Crippen LogP contribution in [-0.4, -0.2) is 105 Å². The van der Waals surface area contributed by atoms with E-state index in [4.69, 9.17) is 9.57 Å². The van der Waals surface area contributed by atoms with Crippen molar-refractivity contribution in [1.82, 2.24) is 25.2 Å². The van der Waals surface area contributed by atoms with Gasteiger partial charge in [0.2, 0.25) is 5.91 Å². The first kappa shape index (κ1) is 31.6. The highest BCUT2D eigenvalue weighted by atomic mass is 16.8. The zero-order valence-corrected chi connectivity index (χ0v) is 24.1. The minimum Gasteiger partial charge on any atom is -0.481 e. The number of nitrogens with one attached hydrogen (secondary N) is 2. The van der Waals surface area contributed by atoms with Gasteiger partial charge in [0.25, 0.3) is 5.91 Å². The molecule has 2 heterocycles. The Morgan fingerprint density at radius 1 is 1.05 bits per heavy atom. The van der Waals surface area contributed by atoms with Crippen molar-refractivity contribution in [3.63, 3.8) is 0 Å². The SMILES string of the molecule is CCOC(=O)ON1CCN(C(=O)[C@H](CCC(=O)O)NC(=O)c2cc(N[C@@H]3CCCC[C@H]3O)nc(-c3ccccc3)n2)CC1. The molecule has 1 aromatic heterocycles. The summed E-state index contributed by atoms with van der Waals surface area (Å²) in [7, 11) is 0. The number of hydrogen-bond acceptors (Lipinski definition) is 11. The normalized spacial score (nSPS) is 19.6. The summed E-state index contributed by atoms with van der Waals surface area (Å²) in [4.78, 5) is 65.6. The standard InChI is InChI=1S/C29H38N6O8/c1-2-42-29(41)43-35-16-14-34(15-17-35)28(40)21(12-13-25(37)38)32-27(39)22-18-24(30-20-10-6-7-11-23(20)36)33-26(31-22)19-8-4-3-5-9-19/h3-5,8-9,18,20-21,23,36H,2,6-7,10-17H2,1H3,(H,32,39)(H,37,38)(H,30,31,33)/t20-,21+,23-/m1/s1. The monoisotopic (exact) mass is 598 g/mol. The number of amides is 2. The predicted molar refractivity (Wildman–Crippen MR) is 154 cm³/mol. The lowest BCUT2D eigenvalue weighted by atomic mass is 9.92. The second-order valence-electron chi connectivity index (χ2n) is 10.4. The van der Waals surface area contributed by atoms with Gasteiger partial charge in [-0.25, -0.2) is 14.8 Å². The molecule has 1 saturated carbocycles. The molecule has 2 fully saturated rings. The second-order valence-corrected chi connectivity index (χ2v) is 10.4. The third-order valence-electron chi connectivity index (χ3n) is 7.32.